The van der Waals surface area contributed by atoms with E-state index in [1.54, 1.807) is 23.1 Å². The Morgan fingerprint density at radius 2 is 1.76 bits per heavy atom. The molecule has 2 aromatic carbocycles. The summed E-state index contributed by atoms with van der Waals surface area (Å²) in [6.45, 7) is 4.32. The SMILES string of the molecule is CC[C@@H](C(=O)NC1CCCC1)N(CCc1ccccc1)C(=O)CCCN(c1cc(Cl)ccc1C)S(C)(=O)=O. The Balaban J connectivity index is 1.73. The number of hydrogen-bond acceptors (Lipinski definition) is 4. The van der Waals surface area contributed by atoms with Gasteiger partial charge in [-0.3, -0.25) is 13.9 Å². The maximum Gasteiger partial charge on any atom is 0.243 e. The van der Waals surface area contributed by atoms with Crippen molar-refractivity contribution in [3.8, 4) is 0 Å². The molecule has 9 heteroatoms. The minimum atomic E-state index is -3.58. The van der Waals surface area contributed by atoms with Crippen molar-refractivity contribution >= 4 is 39.1 Å². The average molecular weight is 562 g/mol. The quantitative estimate of drug-likeness (QED) is 0.368. The Morgan fingerprint density at radius 3 is 2.39 bits per heavy atom. The van der Waals surface area contributed by atoms with Crippen LogP contribution in [0.15, 0.2) is 48.5 Å². The van der Waals surface area contributed by atoms with Crippen molar-refractivity contribution in [2.45, 2.75) is 77.3 Å². The van der Waals surface area contributed by atoms with Crippen LogP contribution in [0.2, 0.25) is 5.02 Å². The van der Waals surface area contributed by atoms with Crippen LogP contribution in [0.1, 0.15) is 63.0 Å². The Bertz CT molecular complexity index is 1180. The van der Waals surface area contributed by atoms with E-state index in [1.807, 2.05) is 44.2 Å². The highest BCUT2D eigenvalue weighted by atomic mass is 35.5. The maximum absolute atomic E-state index is 13.6. The molecule has 0 bridgehead atoms. The van der Waals surface area contributed by atoms with E-state index in [2.05, 4.69) is 5.32 Å². The van der Waals surface area contributed by atoms with Crippen LogP contribution in [0.4, 0.5) is 5.69 Å². The Morgan fingerprint density at radius 1 is 1.08 bits per heavy atom. The topological polar surface area (TPSA) is 86.8 Å². The zero-order chi connectivity index (χ0) is 27.7. The summed E-state index contributed by atoms with van der Waals surface area (Å²) in [5.74, 6) is -0.251. The highest BCUT2D eigenvalue weighted by Crippen LogP contribution is 2.27. The first kappa shape index (κ1) is 30.0. The molecule has 0 aromatic heterocycles. The second-order valence-corrected chi connectivity index (χ2v) is 12.4. The molecule has 1 fully saturated rings. The first-order valence-electron chi connectivity index (χ1n) is 13.5. The third kappa shape index (κ3) is 8.46. The minimum absolute atomic E-state index is 0.104. The van der Waals surface area contributed by atoms with Crippen LogP contribution < -0.4 is 9.62 Å². The zero-order valence-corrected chi connectivity index (χ0v) is 24.2. The third-order valence-corrected chi connectivity index (χ3v) is 8.58. The van der Waals surface area contributed by atoms with Gasteiger partial charge in [0, 0.05) is 30.6 Å². The highest BCUT2D eigenvalue weighted by molar-refractivity contribution is 7.92. The van der Waals surface area contributed by atoms with Crippen molar-refractivity contribution in [1.82, 2.24) is 10.2 Å². The second-order valence-electron chi connectivity index (χ2n) is 10.1. The standard InChI is InChI=1S/C29H40ClN3O4S/c1-4-26(29(35)31-25-13-8-9-14-25)32(20-18-23-11-6-5-7-12-23)28(34)15-10-19-33(38(3,36)37)27-21-24(30)17-16-22(27)2/h5-7,11-12,16-17,21,25-26H,4,8-10,13-15,18-20H2,1-3H3,(H,31,35)/t26-/m0/s1. The molecule has 0 heterocycles. The van der Waals surface area contributed by atoms with Crippen molar-refractivity contribution in [2.75, 3.05) is 23.7 Å². The molecular weight excluding hydrogens is 522 g/mol. The van der Waals surface area contributed by atoms with Gasteiger partial charge in [-0.15, -0.1) is 0 Å². The van der Waals surface area contributed by atoms with Gasteiger partial charge in [0.1, 0.15) is 6.04 Å². The van der Waals surface area contributed by atoms with Crippen LogP contribution in [0.3, 0.4) is 0 Å². The van der Waals surface area contributed by atoms with Crippen molar-refractivity contribution in [1.29, 1.82) is 0 Å². The van der Waals surface area contributed by atoms with Gasteiger partial charge in [0.2, 0.25) is 21.8 Å². The number of aryl methyl sites for hydroxylation is 1. The highest BCUT2D eigenvalue weighted by Gasteiger charge is 2.30. The van der Waals surface area contributed by atoms with Gasteiger partial charge in [-0.25, -0.2) is 8.42 Å². The Kier molecular flexibility index (Phi) is 11.0. The van der Waals surface area contributed by atoms with E-state index in [0.717, 1.165) is 43.1 Å². The molecule has 1 aliphatic rings. The number of nitrogens with zero attached hydrogens (tertiary/aromatic N) is 2. The van der Waals surface area contributed by atoms with Crippen LogP contribution in [0.5, 0.6) is 0 Å². The Hall–Kier alpha value is -2.58. The molecule has 2 amide bonds. The van der Waals surface area contributed by atoms with Gasteiger partial charge in [0.15, 0.2) is 0 Å². The first-order valence-corrected chi connectivity index (χ1v) is 15.7. The zero-order valence-electron chi connectivity index (χ0n) is 22.7. The van der Waals surface area contributed by atoms with Crippen molar-refractivity contribution < 1.29 is 18.0 Å². The lowest BCUT2D eigenvalue weighted by molar-refractivity contribution is -0.141. The number of sulfonamides is 1. The number of anilines is 1. The van der Waals surface area contributed by atoms with E-state index < -0.39 is 16.1 Å². The van der Waals surface area contributed by atoms with E-state index in [9.17, 15) is 18.0 Å². The van der Waals surface area contributed by atoms with Crippen molar-refractivity contribution in [2.24, 2.45) is 0 Å². The summed E-state index contributed by atoms with van der Waals surface area (Å²) in [4.78, 5) is 28.5. The van der Waals surface area contributed by atoms with Gasteiger partial charge in [-0.05, 0) is 62.3 Å². The lowest BCUT2D eigenvalue weighted by Gasteiger charge is -2.32. The first-order chi connectivity index (χ1) is 18.1. The number of hydrogen-bond donors (Lipinski definition) is 1. The molecule has 1 N–H and O–H groups in total. The lowest BCUT2D eigenvalue weighted by Crippen LogP contribution is -2.52. The molecule has 3 rings (SSSR count). The molecule has 1 saturated carbocycles. The van der Waals surface area contributed by atoms with Crippen LogP contribution in [-0.2, 0) is 26.0 Å². The minimum Gasteiger partial charge on any atom is -0.352 e. The van der Waals surface area contributed by atoms with Crippen LogP contribution in [-0.4, -0.2) is 56.6 Å². The molecule has 1 atom stereocenters. The molecule has 0 spiro atoms. The number of halogens is 1. The van der Waals surface area contributed by atoms with Crippen LogP contribution in [0, 0.1) is 6.92 Å². The monoisotopic (exact) mass is 561 g/mol. The maximum atomic E-state index is 13.6. The second kappa shape index (κ2) is 14.0. The van der Waals surface area contributed by atoms with Gasteiger partial charge < -0.3 is 10.2 Å². The fraction of sp³-hybridized carbons (Fsp3) is 0.517. The van der Waals surface area contributed by atoms with Gasteiger partial charge >= 0.3 is 0 Å². The molecular formula is C29H40ClN3O4S. The normalized spacial score (nSPS) is 14.7. The molecule has 1 aliphatic carbocycles. The number of benzene rings is 2. The van der Waals surface area contributed by atoms with E-state index in [1.165, 1.54) is 4.31 Å². The molecule has 0 aliphatic heterocycles. The molecule has 2 aromatic rings. The van der Waals surface area contributed by atoms with Crippen molar-refractivity contribution in [3.05, 3.63) is 64.7 Å². The third-order valence-electron chi connectivity index (χ3n) is 7.16. The van der Waals surface area contributed by atoms with Gasteiger partial charge in [-0.2, -0.15) is 0 Å². The van der Waals surface area contributed by atoms with E-state index in [0.29, 0.717) is 36.5 Å². The summed E-state index contributed by atoms with van der Waals surface area (Å²) < 4.78 is 26.5. The summed E-state index contributed by atoms with van der Waals surface area (Å²) in [6.07, 6.45) is 6.93. The summed E-state index contributed by atoms with van der Waals surface area (Å²) in [5, 5.41) is 3.60. The number of carbonyl (C=O) groups excluding carboxylic acids is 2. The number of carbonyl (C=O) groups is 2. The van der Waals surface area contributed by atoms with Crippen LogP contribution >= 0.6 is 11.6 Å². The Labute approximate surface area is 232 Å². The predicted molar refractivity (Wildman–Crippen MR) is 154 cm³/mol. The lowest BCUT2D eigenvalue weighted by atomic mass is 10.1. The largest absolute Gasteiger partial charge is 0.352 e. The summed E-state index contributed by atoms with van der Waals surface area (Å²) in [6, 6.07) is 14.6. The van der Waals surface area contributed by atoms with E-state index in [4.69, 9.17) is 11.6 Å². The average Bonchev–Trinajstić information content (AvgIpc) is 3.38. The summed E-state index contributed by atoms with van der Waals surface area (Å²) in [5.41, 5.74) is 2.39. The number of rotatable bonds is 13. The molecule has 7 nitrogen and oxygen atoms in total. The van der Waals surface area contributed by atoms with Crippen molar-refractivity contribution in [3.63, 3.8) is 0 Å². The molecule has 38 heavy (non-hydrogen) atoms. The molecule has 0 radical (unpaired) electrons. The molecule has 208 valence electrons. The molecule has 0 saturated heterocycles. The van der Waals surface area contributed by atoms with Crippen LogP contribution in [0.25, 0.3) is 0 Å². The number of amides is 2. The predicted octanol–water partition coefficient (Wildman–Crippen LogP) is 5.10. The fourth-order valence-corrected chi connectivity index (χ4v) is 6.28. The van der Waals surface area contributed by atoms with Gasteiger partial charge in [-0.1, -0.05) is 67.8 Å². The fourth-order valence-electron chi connectivity index (χ4n) is 5.10. The van der Waals surface area contributed by atoms with Gasteiger partial charge in [0.05, 0.1) is 11.9 Å². The smallest absolute Gasteiger partial charge is 0.243 e. The molecule has 0 unspecified atom stereocenters. The number of nitrogens with one attached hydrogen (secondary N) is 1. The summed E-state index contributed by atoms with van der Waals surface area (Å²) in [7, 11) is -3.58. The summed E-state index contributed by atoms with van der Waals surface area (Å²) >= 11 is 6.14. The van der Waals surface area contributed by atoms with E-state index in [-0.39, 0.29) is 30.8 Å². The van der Waals surface area contributed by atoms with E-state index >= 15 is 0 Å². The van der Waals surface area contributed by atoms with Gasteiger partial charge in [0.25, 0.3) is 0 Å².